The molecule has 1 aliphatic rings. The topological polar surface area (TPSA) is 49.4 Å². The Bertz CT molecular complexity index is 771. The summed E-state index contributed by atoms with van der Waals surface area (Å²) >= 11 is 5.85. The normalized spacial score (nSPS) is 13.3. The summed E-state index contributed by atoms with van der Waals surface area (Å²) in [5.41, 5.74) is 3.28. The second-order valence-corrected chi connectivity index (χ2v) is 6.24. The van der Waals surface area contributed by atoms with Gasteiger partial charge >= 0.3 is 0 Å². The molecule has 0 saturated heterocycles. The standard InChI is InChI=1S/C19H19ClN2O2/c1-2-18(23)22-11-3-4-13-7-10-16(12-17(13)22)21-19(24)14-5-8-15(20)9-6-14/h5-10,12H,2-4,11H2,1H3,(H,21,24). The summed E-state index contributed by atoms with van der Waals surface area (Å²) in [6.07, 6.45) is 2.39. The fourth-order valence-electron chi connectivity index (χ4n) is 2.91. The second kappa shape index (κ2) is 7.05. The van der Waals surface area contributed by atoms with Gasteiger partial charge in [-0.3, -0.25) is 9.59 Å². The van der Waals surface area contributed by atoms with Crippen LogP contribution in [0.2, 0.25) is 5.02 Å². The van der Waals surface area contributed by atoms with E-state index in [0.717, 1.165) is 30.6 Å². The van der Waals surface area contributed by atoms with E-state index in [1.54, 1.807) is 24.3 Å². The van der Waals surface area contributed by atoms with Crippen molar-refractivity contribution in [1.29, 1.82) is 0 Å². The Morgan fingerprint density at radius 1 is 1.17 bits per heavy atom. The van der Waals surface area contributed by atoms with E-state index in [2.05, 4.69) is 5.32 Å². The van der Waals surface area contributed by atoms with Crippen LogP contribution in [-0.2, 0) is 11.2 Å². The molecule has 0 atom stereocenters. The number of benzene rings is 2. The van der Waals surface area contributed by atoms with Gasteiger partial charge in [-0.15, -0.1) is 0 Å². The minimum atomic E-state index is -0.198. The third kappa shape index (κ3) is 3.44. The van der Waals surface area contributed by atoms with Crippen LogP contribution in [0.5, 0.6) is 0 Å². The molecule has 0 saturated carbocycles. The largest absolute Gasteiger partial charge is 0.322 e. The van der Waals surface area contributed by atoms with Crippen LogP contribution in [-0.4, -0.2) is 18.4 Å². The summed E-state index contributed by atoms with van der Waals surface area (Å²) in [7, 11) is 0. The zero-order valence-electron chi connectivity index (χ0n) is 13.5. The van der Waals surface area contributed by atoms with Crippen LogP contribution in [0, 0.1) is 0 Å². The van der Waals surface area contributed by atoms with Gasteiger partial charge in [0.15, 0.2) is 0 Å². The van der Waals surface area contributed by atoms with Crippen molar-refractivity contribution in [3.63, 3.8) is 0 Å². The number of rotatable bonds is 3. The molecule has 0 radical (unpaired) electrons. The molecule has 4 nitrogen and oxygen atoms in total. The Balaban J connectivity index is 1.83. The van der Waals surface area contributed by atoms with Gasteiger partial charge in [0.2, 0.25) is 5.91 Å². The zero-order valence-corrected chi connectivity index (χ0v) is 14.3. The maximum atomic E-state index is 12.3. The van der Waals surface area contributed by atoms with E-state index in [0.29, 0.717) is 22.7 Å². The molecular formula is C19H19ClN2O2. The molecule has 24 heavy (non-hydrogen) atoms. The van der Waals surface area contributed by atoms with Crippen molar-refractivity contribution in [1.82, 2.24) is 0 Å². The molecule has 0 aromatic heterocycles. The number of anilines is 2. The molecule has 1 aliphatic heterocycles. The highest BCUT2D eigenvalue weighted by atomic mass is 35.5. The van der Waals surface area contributed by atoms with E-state index in [9.17, 15) is 9.59 Å². The van der Waals surface area contributed by atoms with Crippen molar-refractivity contribution in [3.05, 3.63) is 58.6 Å². The van der Waals surface area contributed by atoms with Crippen molar-refractivity contribution in [2.24, 2.45) is 0 Å². The molecule has 2 amide bonds. The molecule has 124 valence electrons. The highest BCUT2D eigenvalue weighted by Gasteiger charge is 2.22. The van der Waals surface area contributed by atoms with Gasteiger partial charge in [-0.2, -0.15) is 0 Å². The average molecular weight is 343 g/mol. The Kier molecular flexibility index (Phi) is 4.86. The smallest absolute Gasteiger partial charge is 0.255 e. The predicted molar refractivity (Wildman–Crippen MR) is 96.8 cm³/mol. The first-order chi connectivity index (χ1) is 11.6. The quantitative estimate of drug-likeness (QED) is 0.905. The number of hydrogen-bond donors (Lipinski definition) is 1. The molecule has 0 spiro atoms. The number of aryl methyl sites for hydroxylation is 1. The van der Waals surface area contributed by atoms with Crippen molar-refractivity contribution in [3.8, 4) is 0 Å². The highest BCUT2D eigenvalue weighted by Crippen LogP contribution is 2.30. The third-order valence-corrected chi connectivity index (χ3v) is 4.42. The number of amides is 2. The van der Waals surface area contributed by atoms with Gasteiger partial charge in [0.25, 0.3) is 5.91 Å². The number of carbonyl (C=O) groups excluding carboxylic acids is 2. The second-order valence-electron chi connectivity index (χ2n) is 5.81. The third-order valence-electron chi connectivity index (χ3n) is 4.17. The Hall–Kier alpha value is -2.33. The van der Waals surface area contributed by atoms with E-state index < -0.39 is 0 Å². The van der Waals surface area contributed by atoms with Gasteiger partial charge in [0.05, 0.1) is 0 Å². The first-order valence-electron chi connectivity index (χ1n) is 8.08. The summed E-state index contributed by atoms with van der Waals surface area (Å²) in [6.45, 7) is 2.59. The summed E-state index contributed by atoms with van der Waals surface area (Å²) in [4.78, 5) is 26.3. The van der Waals surface area contributed by atoms with E-state index in [1.807, 2.05) is 30.0 Å². The van der Waals surface area contributed by atoms with Gasteiger partial charge < -0.3 is 10.2 Å². The lowest BCUT2D eigenvalue weighted by Gasteiger charge is -2.29. The van der Waals surface area contributed by atoms with Crippen molar-refractivity contribution >= 4 is 34.8 Å². The lowest BCUT2D eigenvalue weighted by Crippen LogP contribution is -2.35. The predicted octanol–water partition coefficient (Wildman–Crippen LogP) is 4.28. The van der Waals surface area contributed by atoms with Gasteiger partial charge in [-0.25, -0.2) is 0 Å². The van der Waals surface area contributed by atoms with Crippen LogP contribution >= 0.6 is 11.6 Å². The van der Waals surface area contributed by atoms with E-state index in [4.69, 9.17) is 11.6 Å². The van der Waals surface area contributed by atoms with E-state index in [1.165, 1.54) is 0 Å². The van der Waals surface area contributed by atoms with Crippen LogP contribution in [0.3, 0.4) is 0 Å². The maximum absolute atomic E-state index is 12.3. The molecule has 0 bridgehead atoms. The lowest BCUT2D eigenvalue weighted by molar-refractivity contribution is -0.118. The van der Waals surface area contributed by atoms with Crippen molar-refractivity contribution in [2.75, 3.05) is 16.8 Å². The molecule has 1 heterocycles. The van der Waals surface area contributed by atoms with E-state index in [-0.39, 0.29) is 11.8 Å². The molecule has 0 aliphatic carbocycles. The lowest BCUT2D eigenvalue weighted by atomic mass is 10.0. The Morgan fingerprint density at radius 3 is 2.62 bits per heavy atom. The fourth-order valence-corrected chi connectivity index (χ4v) is 3.03. The molecule has 0 unspecified atom stereocenters. The fraction of sp³-hybridized carbons (Fsp3) is 0.263. The molecule has 3 rings (SSSR count). The molecular weight excluding hydrogens is 324 g/mol. The number of fused-ring (bicyclic) bond motifs is 1. The Labute approximate surface area is 146 Å². The molecule has 1 N–H and O–H groups in total. The minimum Gasteiger partial charge on any atom is -0.322 e. The highest BCUT2D eigenvalue weighted by molar-refractivity contribution is 6.30. The van der Waals surface area contributed by atoms with Gasteiger partial charge in [0.1, 0.15) is 0 Å². The maximum Gasteiger partial charge on any atom is 0.255 e. The van der Waals surface area contributed by atoms with Gasteiger partial charge in [-0.05, 0) is 54.8 Å². The summed E-state index contributed by atoms with van der Waals surface area (Å²) in [5, 5.41) is 3.48. The SMILES string of the molecule is CCC(=O)N1CCCc2ccc(NC(=O)c3ccc(Cl)cc3)cc21. The van der Waals surface area contributed by atoms with Gasteiger partial charge in [-0.1, -0.05) is 24.6 Å². The van der Waals surface area contributed by atoms with Crippen LogP contribution in [0.4, 0.5) is 11.4 Å². The molecule has 0 fully saturated rings. The van der Waals surface area contributed by atoms with Crippen molar-refractivity contribution < 1.29 is 9.59 Å². The minimum absolute atomic E-state index is 0.108. The molecule has 2 aromatic rings. The first-order valence-corrected chi connectivity index (χ1v) is 8.46. The number of hydrogen-bond acceptors (Lipinski definition) is 2. The molecule has 2 aromatic carbocycles. The molecule has 5 heteroatoms. The summed E-state index contributed by atoms with van der Waals surface area (Å²) in [6, 6.07) is 12.5. The summed E-state index contributed by atoms with van der Waals surface area (Å²) in [5.74, 6) is -0.0899. The van der Waals surface area contributed by atoms with Gasteiger partial charge in [0, 0.05) is 34.9 Å². The van der Waals surface area contributed by atoms with Crippen LogP contribution in [0.15, 0.2) is 42.5 Å². The monoisotopic (exact) mass is 342 g/mol. The van der Waals surface area contributed by atoms with E-state index >= 15 is 0 Å². The van der Waals surface area contributed by atoms with Crippen LogP contribution in [0.1, 0.15) is 35.7 Å². The Morgan fingerprint density at radius 2 is 1.92 bits per heavy atom. The summed E-state index contributed by atoms with van der Waals surface area (Å²) < 4.78 is 0. The number of halogens is 1. The van der Waals surface area contributed by atoms with Crippen LogP contribution in [0.25, 0.3) is 0 Å². The van der Waals surface area contributed by atoms with Crippen molar-refractivity contribution in [2.45, 2.75) is 26.2 Å². The first kappa shape index (κ1) is 16.5. The number of nitrogens with zero attached hydrogens (tertiary/aromatic N) is 1. The van der Waals surface area contributed by atoms with Crippen LogP contribution < -0.4 is 10.2 Å². The number of nitrogens with one attached hydrogen (secondary N) is 1. The average Bonchev–Trinajstić information content (AvgIpc) is 2.61. The number of carbonyl (C=O) groups is 2. The zero-order chi connectivity index (χ0) is 17.1.